The second-order valence-corrected chi connectivity index (χ2v) is 5.88. The van der Waals surface area contributed by atoms with E-state index in [0.717, 1.165) is 30.4 Å². The van der Waals surface area contributed by atoms with Crippen LogP contribution in [0.5, 0.6) is 5.75 Å². The Morgan fingerprint density at radius 2 is 1.74 bits per heavy atom. The maximum Gasteiger partial charge on any atom is 0.119 e. The van der Waals surface area contributed by atoms with Crippen LogP contribution in [-0.2, 0) is 0 Å². The summed E-state index contributed by atoms with van der Waals surface area (Å²) in [4.78, 5) is 2.64. The third kappa shape index (κ3) is 3.21. The monoisotopic (exact) mass is 260 g/mol. The molecule has 1 aliphatic heterocycles. The molecule has 0 aromatic heterocycles. The number of hydrogen-bond donors (Lipinski definition) is 1. The van der Waals surface area contributed by atoms with Crippen LogP contribution in [0.4, 0.5) is 5.69 Å². The number of hydrogen-bond acceptors (Lipinski definition) is 3. The lowest BCUT2D eigenvalue weighted by atomic mass is 9.94. The summed E-state index contributed by atoms with van der Waals surface area (Å²) in [6, 6.07) is 8.57. The van der Waals surface area contributed by atoms with Crippen molar-refractivity contribution in [3.63, 3.8) is 0 Å². The zero-order valence-corrected chi connectivity index (χ0v) is 11.6. The molecule has 1 unspecified atom stereocenters. The minimum atomic E-state index is 0.352. The molecule has 3 heteroatoms. The van der Waals surface area contributed by atoms with Crippen molar-refractivity contribution in [2.24, 2.45) is 0 Å². The topological polar surface area (TPSA) is 38.5 Å². The molecule has 0 amide bonds. The van der Waals surface area contributed by atoms with Crippen molar-refractivity contribution >= 4 is 5.69 Å². The molecule has 19 heavy (non-hydrogen) atoms. The summed E-state index contributed by atoms with van der Waals surface area (Å²) in [5.41, 5.74) is 6.48. The van der Waals surface area contributed by atoms with Gasteiger partial charge in [0.1, 0.15) is 11.9 Å². The van der Waals surface area contributed by atoms with Gasteiger partial charge in [0.15, 0.2) is 0 Å². The maximum absolute atomic E-state index is 6.05. The summed E-state index contributed by atoms with van der Waals surface area (Å²) in [6.07, 6.45) is 8.51. The third-order valence-corrected chi connectivity index (χ3v) is 4.45. The summed E-state index contributed by atoms with van der Waals surface area (Å²) in [7, 11) is 0. The third-order valence-electron chi connectivity index (χ3n) is 4.45. The van der Waals surface area contributed by atoms with Gasteiger partial charge in [-0.25, -0.2) is 0 Å². The van der Waals surface area contributed by atoms with Crippen LogP contribution >= 0.6 is 0 Å². The molecule has 2 aliphatic rings. The number of likely N-dealkylation sites (tertiary alicyclic amines) is 1. The Balaban J connectivity index is 1.52. The lowest BCUT2D eigenvalue weighted by Crippen LogP contribution is -2.36. The second-order valence-electron chi connectivity index (χ2n) is 5.88. The fraction of sp³-hybridized carbons (Fsp3) is 0.625. The lowest BCUT2D eigenvalue weighted by molar-refractivity contribution is 0.155. The Labute approximate surface area is 115 Å². The van der Waals surface area contributed by atoms with Crippen LogP contribution in [0.15, 0.2) is 24.3 Å². The van der Waals surface area contributed by atoms with E-state index in [1.807, 2.05) is 24.3 Å². The fourth-order valence-electron chi connectivity index (χ4n) is 3.37. The van der Waals surface area contributed by atoms with E-state index >= 15 is 0 Å². The largest absolute Gasteiger partial charge is 0.489 e. The van der Waals surface area contributed by atoms with E-state index < -0.39 is 0 Å². The Morgan fingerprint density at radius 3 is 2.47 bits per heavy atom. The Hall–Kier alpha value is -1.22. The first-order chi connectivity index (χ1) is 9.31. The fourth-order valence-corrected chi connectivity index (χ4v) is 3.37. The van der Waals surface area contributed by atoms with Gasteiger partial charge in [-0.05, 0) is 43.5 Å². The predicted molar refractivity (Wildman–Crippen MR) is 78.3 cm³/mol. The minimum absolute atomic E-state index is 0.352. The van der Waals surface area contributed by atoms with Crippen LogP contribution in [-0.4, -0.2) is 30.1 Å². The minimum Gasteiger partial charge on any atom is -0.489 e. The standard InChI is InChI=1S/C16H24N2O/c17-13-6-8-15(9-7-13)19-16-10-11-18(12-16)14-4-2-1-3-5-14/h6-9,14,16H,1-5,10-12,17H2. The van der Waals surface area contributed by atoms with Crippen molar-refractivity contribution < 1.29 is 4.74 Å². The van der Waals surface area contributed by atoms with Gasteiger partial charge in [0.05, 0.1) is 0 Å². The Kier molecular flexibility index (Phi) is 3.92. The first-order valence-corrected chi connectivity index (χ1v) is 7.57. The van der Waals surface area contributed by atoms with Crippen molar-refractivity contribution in [2.45, 2.75) is 50.7 Å². The van der Waals surface area contributed by atoms with Crippen molar-refractivity contribution in [2.75, 3.05) is 18.8 Å². The van der Waals surface area contributed by atoms with E-state index in [4.69, 9.17) is 10.5 Å². The summed E-state index contributed by atoms with van der Waals surface area (Å²) < 4.78 is 6.05. The lowest BCUT2D eigenvalue weighted by Gasteiger charge is -2.30. The van der Waals surface area contributed by atoms with Gasteiger partial charge in [-0.15, -0.1) is 0 Å². The van der Waals surface area contributed by atoms with Gasteiger partial charge in [0.2, 0.25) is 0 Å². The van der Waals surface area contributed by atoms with E-state index in [9.17, 15) is 0 Å². The molecule has 0 bridgehead atoms. The van der Waals surface area contributed by atoms with E-state index in [2.05, 4.69) is 4.90 Å². The molecule has 1 aromatic carbocycles. The Morgan fingerprint density at radius 1 is 1.00 bits per heavy atom. The molecule has 0 radical (unpaired) electrons. The van der Waals surface area contributed by atoms with Gasteiger partial charge >= 0.3 is 0 Å². The van der Waals surface area contributed by atoms with E-state index in [-0.39, 0.29) is 0 Å². The molecule has 3 rings (SSSR count). The van der Waals surface area contributed by atoms with Gasteiger partial charge in [-0.3, -0.25) is 4.90 Å². The van der Waals surface area contributed by atoms with Gasteiger partial charge in [-0.2, -0.15) is 0 Å². The van der Waals surface area contributed by atoms with Gasteiger partial charge in [-0.1, -0.05) is 19.3 Å². The summed E-state index contributed by atoms with van der Waals surface area (Å²) in [6.45, 7) is 2.29. The molecular formula is C16H24N2O. The van der Waals surface area contributed by atoms with Gasteiger partial charge in [0.25, 0.3) is 0 Å². The molecule has 1 heterocycles. The van der Waals surface area contributed by atoms with Crippen LogP contribution in [0.25, 0.3) is 0 Å². The van der Waals surface area contributed by atoms with Gasteiger partial charge < -0.3 is 10.5 Å². The van der Waals surface area contributed by atoms with Crippen LogP contribution in [0.1, 0.15) is 38.5 Å². The molecule has 2 N–H and O–H groups in total. The molecule has 1 aromatic rings. The SMILES string of the molecule is Nc1ccc(OC2CCN(C3CCCCC3)C2)cc1. The highest BCUT2D eigenvalue weighted by Crippen LogP contribution is 2.27. The summed E-state index contributed by atoms with van der Waals surface area (Å²) in [5.74, 6) is 0.949. The van der Waals surface area contributed by atoms with Crippen LogP contribution in [0.3, 0.4) is 0 Å². The number of nitrogens with zero attached hydrogens (tertiary/aromatic N) is 1. The predicted octanol–water partition coefficient (Wildman–Crippen LogP) is 3.05. The number of ether oxygens (including phenoxy) is 1. The van der Waals surface area contributed by atoms with Gasteiger partial charge in [0, 0.05) is 24.8 Å². The molecule has 104 valence electrons. The number of benzene rings is 1. The van der Waals surface area contributed by atoms with E-state index in [0.29, 0.717) is 6.10 Å². The average molecular weight is 260 g/mol. The maximum atomic E-state index is 6.05. The molecule has 1 atom stereocenters. The number of nitrogens with two attached hydrogens (primary N) is 1. The molecule has 0 spiro atoms. The van der Waals surface area contributed by atoms with E-state index in [1.165, 1.54) is 38.6 Å². The molecule has 1 aliphatic carbocycles. The highest BCUT2D eigenvalue weighted by molar-refractivity contribution is 5.41. The first-order valence-electron chi connectivity index (χ1n) is 7.57. The highest BCUT2D eigenvalue weighted by Gasteiger charge is 2.29. The smallest absolute Gasteiger partial charge is 0.119 e. The molecule has 1 saturated heterocycles. The normalized spacial score (nSPS) is 25.6. The second kappa shape index (κ2) is 5.83. The highest BCUT2D eigenvalue weighted by atomic mass is 16.5. The molecule has 2 fully saturated rings. The Bertz CT molecular complexity index is 398. The number of anilines is 1. The van der Waals surface area contributed by atoms with Crippen molar-refractivity contribution in [3.8, 4) is 5.75 Å². The van der Waals surface area contributed by atoms with E-state index in [1.54, 1.807) is 0 Å². The molecule has 3 nitrogen and oxygen atoms in total. The summed E-state index contributed by atoms with van der Waals surface area (Å²) >= 11 is 0. The molecular weight excluding hydrogens is 236 g/mol. The van der Waals surface area contributed by atoms with Crippen LogP contribution < -0.4 is 10.5 Å². The summed E-state index contributed by atoms with van der Waals surface area (Å²) in [5, 5.41) is 0. The van der Waals surface area contributed by atoms with Crippen molar-refractivity contribution in [1.29, 1.82) is 0 Å². The molecule has 1 saturated carbocycles. The quantitative estimate of drug-likeness (QED) is 0.849. The first kappa shape index (κ1) is 12.8. The van der Waals surface area contributed by atoms with Crippen molar-refractivity contribution in [3.05, 3.63) is 24.3 Å². The average Bonchev–Trinajstić information content (AvgIpc) is 2.91. The number of rotatable bonds is 3. The zero-order chi connectivity index (χ0) is 13.1. The number of nitrogen functional groups attached to an aromatic ring is 1. The van der Waals surface area contributed by atoms with Crippen LogP contribution in [0.2, 0.25) is 0 Å². The van der Waals surface area contributed by atoms with Crippen molar-refractivity contribution in [1.82, 2.24) is 4.90 Å². The van der Waals surface area contributed by atoms with Crippen LogP contribution in [0, 0.1) is 0 Å². The zero-order valence-electron chi connectivity index (χ0n) is 11.6.